The number of ether oxygens (including phenoxy) is 1. The van der Waals surface area contributed by atoms with Gasteiger partial charge in [-0.3, -0.25) is 0 Å². The van der Waals surface area contributed by atoms with Gasteiger partial charge in [0.25, 0.3) is 0 Å². The number of nitrogens with one attached hydrogen (secondary N) is 2. The molecule has 6 nitrogen and oxygen atoms in total. The van der Waals surface area contributed by atoms with Gasteiger partial charge >= 0.3 is 0 Å². The average molecular weight is 406 g/mol. The van der Waals surface area contributed by atoms with Crippen LogP contribution in [0.1, 0.15) is 25.3 Å². The molecule has 2 aromatic rings. The Morgan fingerprint density at radius 2 is 2.11 bits per heavy atom. The number of aromatic nitrogens is 2. The van der Waals surface area contributed by atoms with E-state index in [-0.39, 0.29) is 0 Å². The summed E-state index contributed by atoms with van der Waals surface area (Å²) in [6.07, 6.45) is 2.41. The molecule has 1 saturated heterocycles. The molecule has 1 aliphatic heterocycles. The molecule has 2 N–H and O–H groups in total. The Bertz CT molecular complexity index is 786. The summed E-state index contributed by atoms with van der Waals surface area (Å²) in [5.41, 5.74) is 1.09. The molecule has 1 aliphatic rings. The fraction of sp³-hybridized carbons (Fsp3) is 0.421. The third-order valence-corrected chi connectivity index (χ3v) is 4.94. The molecule has 0 bridgehead atoms. The number of rotatable bonds is 5. The number of methoxy groups -OCH3 is 1. The van der Waals surface area contributed by atoms with Crippen LogP contribution in [0.25, 0.3) is 0 Å². The van der Waals surface area contributed by atoms with Crippen LogP contribution in [0.5, 0.6) is 5.75 Å². The van der Waals surface area contributed by atoms with Crippen molar-refractivity contribution in [3.8, 4) is 5.75 Å². The van der Waals surface area contributed by atoms with Crippen molar-refractivity contribution in [1.82, 2.24) is 15.3 Å². The lowest BCUT2D eigenvalue weighted by atomic mass is 10.0. The first-order chi connectivity index (χ1) is 13.0. The van der Waals surface area contributed by atoms with E-state index in [1.165, 1.54) is 6.42 Å². The van der Waals surface area contributed by atoms with Gasteiger partial charge < -0.3 is 20.3 Å². The van der Waals surface area contributed by atoms with E-state index in [0.29, 0.717) is 28.7 Å². The Labute approximate surface area is 170 Å². The SMILES string of the molecule is COc1ccc(CNC(=S)Nc2nc(Cl)cc(N3CCC[C@@H](C)C3)n2)cc1. The van der Waals surface area contributed by atoms with E-state index in [0.717, 1.165) is 36.6 Å². The van der Waals surface area contributed by atoms with E-state index in [1.54, 1.807) is 13.2 Å². The largest absolute Gasteiger partial charge is 0.497 e. The minimum Gasteiger partial charge on any atom is -0.497 e. The van der Waals surface area contributed by atoms with E-state index in [1.807, 2.05) is 24.3 Å². The zero-order valence-electron chi connectivity index (χ0n) is 15.5. The molecule has 0 spiro atoms. The quantitative estimate of drug-likeness (QED) is 0.578. The minimum atomic E-state index is 0.402. The molecule has 144 valence electrons. The smallest absolute Gasteiger partial charge is 0.232 e. The second-order valence-corrected chi connectivity index (χ2v) is 7.52. The van der Waals surface area contributed by atoms with Gasteiger partial charge in [-0.1, -0.05) is 30.7 Å². The van der Waals surface area contributed by atoms with E-state index in [4.69, 9.17) is 28.6 Å². The van der Waals surface area contributed by atoms with E-state index in [2.05, 4.69) is 32.4 Å². The highest BCUT2D eigenvalue weighted by atomic mass is 35.5. The molecule has 0 saturated carbocycles. The van der Waals surface area contributed by atoms with Crippen LogP contribution in [0.2, 0.25) is 5.15 Å². The molecule has 8 heteroatoms. The lowest BCUT2D eigenvalue weighted by molar-refractivity contribution is 0.414. The fourth-order valence-corrected chi connectivity index (χ4v) is 3.43. The van der Waals surface area contributed by atoms with Gasteiger partial charge in [0.2, 0.25) is 5.95 Å². The van der Waals surface area contributed by atoms with Crippen molar-refractivity contribution in [2.75, 3.05) is 30.4 Å². The van der Waals surface area contributed by atoms with Crippen molar-refractivity contribution in [2.45, 2.75) is 26.3 Å². The van der Waals surface area contributed by atoms with Crippen LogP contribution in [0.3, 0.4) is 0 Å². The van der Waals surface area contributed by atoms with Crippen molar-refractivity contribution >= 4 is 40.7 Å². The zero-order valence-corrected chi connectivity index (χ0v) is 17.1. The monoisotopic (exact) mass is 405 g/mol. The molecule has 3 rings (SSSR count). The van der Waals surface area contributed by atoms with Crippen molar-refractivity contribution in [3.05, 3.63) is 41.0 Å². The molecular formula is C19H24ClN5OS. The maximum atomic E-state index is 6.20. The number of nitrogens with zero attached hydrogens (tertiary/aromatic N) is 3. The minimum absolute atomic E-state index is 0.402. The Morgan fingerprint density at radius 1 is 1.33 bits per heavy atom. The molecule has 0 unspecified atom stereocenters. The molecule has 0 amide bonds. The predicted molar refractivity (Wildman–Crippen MR) is 114 cm³/mol. The molecule has 27 heavy (non-hydrogen) atoms. The second kappa shape index (κ2) is 9.19. The van der Waals surface area contributed by atoms with Crippen molar-refractivity contribution in [1.29, 1.82) is 0 Å². The van der Waals surface area contributed by atoms with Crippen LogP contribution in [0.4, 0.5) is 11.8 Å². The van der Waals surface area contributed by atoms with Crippen molar-refractivity contribution < 1.29 is 4.74 Å². The topological polar surface area (TPSA) is 62.3 Å². The van der Waals surface area contributed by atoms with Crippen LogP contribution < -0.4 is 20.3 Å². The summed E-state index contributed by atoms with van der Waals surface area (Å²) in [4.78, 5) is 11.1. The Morgan fingerprint density at radius 3 is 2.81 bits per heavy atom. The molecule has 1 atom stereocenters. The Hall–Kier alpha value is -2.12. The molecule has 0 radical (unpaired) electrons. The molecule has 1 fully saturated rings. The summed E-state index contributed by atoms with van der Waals surface area (Å²) < 4.78 is 5.16. The molecule has 1 aromatic carbocycles. The second-order valence-electron chi connectivity index (χ2n) is 6.72. The van der Waals surface area contributed by atoms with E-state index >= 15 is 0 Å². The summed E-state index contributed by atoms with van der Waals surface area (Å²) in [5, 5.41) is 7.03. The Kier molecular flexibility index (Phi) is 6.68. The third kappa shape index (κ3) is 5.68. The zero-order chi connectivity index (χ0) is 19.2. The van der Waals surface area contributed by atoms with Crippen molar-refractivity contribution in [2.24, 2.45) is 5.92 Å². The van der Waals surface area contributed by atoms with Crippen LogP contribution in [-0.4, -0.2) is 35.3 Å². The predicted octanol–water partition coefficient (Wildman–Crippen LogP) is 3.86. The van der Waals surface area contributed by atoms with Crippen molar-refractivity contribution in [3.63, 3.8) is 0 Å². The van der Waals surface area contributed by atoms with Gasteiger partial charge in [0.15, 0.2) is 5.11 Å². The van der Waals surface area contributed by atoms with E-state index < -0.39 is 0 Å². The van der Waals surface area contributed by atoms with Crippen LogP contribution >= 0.6 is 23.8 Å². The highest BCUT2D eigenvalue weighted by molar-refractivity contribution is 7.80. The first-order valence-electron chi connectivity index (χ1n) is 9.01. The number of anilines is 2. The number of hydrogen-bond acceptors (Lipinski definition) is 5. The van der Waals surface area contributed by atoms with Gasteiger partial charge in [0.05, 0.1) is 7.11 Å². The first kappa shape index (κ1) is 19.6. The number of thiocarbonyl (C=S) groups is 1. The van der Waals surface area contributed by atoms with Gasteiger partial charge in [-0.05, 0) is 48.7 Å². The Balaban J connectivity index is 1.59. The van der Waals surface area contributed by atoms with Crippen LogP contribution in [-0.2, 0) is 6.54 Å². The highest BCUT2D eigenvalue weighted by Gasteiger charge is 2.19. The summed E-state index contributed by atoms with van der Waals surface area (Å²) in [6.45, 7) is 4.81. The lowest BCUT2D eigenvalue weighted by Gasteiger charge is -2.32. The van der Waals surface area contributed by atoms with Gasteiger partial charge in [-0.15, -0.1) is 0 Å². The number of benzene rings is 1. The van der Waals surface area contributed by atoms with Gasteiger partial charge in [0, 0.05) is 25.7 Å². The third-order valence-electron chi connectivity index (χ3n) is 4.50. The molecule has 2 heterocycles. The lowest BCUT2D eigenvalue weighted by Crippen LogP contribution is -2.35. The van der Waals surface area contributed by atoms with Gasteiger partial charge in [0.1, 0.15) is 16.7 Å². The standard InChI is InChI=1S/C19H24ClN5OS/c1-13-4-3-9-25(12-13)17-10-16(20)22-18(23-17)24-19(27)21-11-14-5-7-15(26-2)8-6-14/h5-8,10,13H,3-4,9,11-12H2,1-2H3,(H2,21,22,23,24,27)/t13-/m1/s1. The average Bonchev–Trinajstić information content (AvgIpc) is 2.66. The summed E-state index contributed by atoms with van der Waals surface area (Å²) in [6, 6.07) is 9.61. The molecule has 0 aliphatic carbocycles. The van der Waals surface area contributed by atoms with E-state index in [9.17, 15) is 0 Å². The maximum Gasteiger partial charge on any atom is 0.232 e. The summed E-state index contributed by atoms with van der Waals surface area (Å²) in [5.74, 6) is 2.72. The molecular weight excluding hydrogens is 382 g/mol. The van der Waals surface area contributed by atoms with Gasteiger partial charge in [-0.25, -0.2) is 4.98 Å². The van der Waals surface area contributed by atoms with Crippen LogP contribution in [0.15, 0.2) is 30.3 Å². The summed E-state index contributed by atoms with van der Waals surface area (Å²) in [7, 11) is 1.65. The number of hydrogen-bond donors (Lipinski definition) is 2. The highest BCUT2D eigenvalue weighted by Crippen LogP contribution is 2.24. The normalized spacial score (nSPS) is 16.7. The number of piperidine rings is 1. The molecule has 1 aromatic heterocycles. The van der Waals surface area contributed by atoms with Gasteiger partial charge in [-0.2, -0.15) is 4.98 Å². The number of halogens is 1. The maximum absolute atomic E-state index is 6.20. The first-order valence-corrected chi connectivity index (χ1v) is 9.79. The fourth-order valence-electron chi connectivity index (χ4n) is 3.09. The summed E-state index contributed by atoms with van der Waals surface area (Å²) >= 11 is 11.6. The van der Waals surface area contributed by atoms with Crippen LogP contribution in [0, 0.1) is 5.92 Å².